The molecule has 2 rings (SSSR count). The third-order valence-electron chi connectivity index (χ3n) is 3.00. The van der Waals surface area contributed by atoms with E-state index in [9.17, 15) is 9.59 Å². The van der Waals surface area contributed by atoms with Gasteiger partial charge in [0.15, 0.2) is 0 Å². The van der Waals surface area contributed by atoms with E-state index in [4.69, 9.17) is 9.47 Å². The zero-order valence-corrected chi connectivity index (χ0v) is 14.9. The summed E-state index contributed by atoms with van der Waals surface area (Å²) in [5.74, 6) is 1.61. The quantitative estimate of drug-likeness (QED) is 0.573. The van der Waals surface area contributed by atoms with Gasteiger partial charge in [0.1, 0.15) is 12.2 Å². The van der Waals surface area contributed by atoms with Crippen LogP contribution in [-0.4, -0.2) is 24.1 Å². The zero-order valence-electron chi connectivity index (χ0n) is 13.8. The first-order chi connectivity index (χ1) is 10.4. The summed E-state index contributed by atoms with van der Waals surface area (Å²) in [5.41, 5.74) is 0. The molecular weight excluding hydrogens is 336 g/mol. The summed E-state index contributed by atoms with van der Waals surface area (Å²) in [6.07, 6.45) is 15.2. The molecule has 0 unspecified atom stereocenters. The van der Waals surface area contributed by atoms with Crippen molar-refractivity contribution in [2.24, 2.45) is 0 Å². The normalized spacial score (nSPS) is 20.7. The average Bonchev–Trinajstić information content (AvgIpc) is 3.12. The van der Waals surface area contributed by atoms with E-state index in [1.807, 2.05) is 65.2 Å². The van der Waals surface area contributed by atoms with Crippen LogP contribution in [0, 0.1) is 63.2 Å². The predicted molar refractivity (Wildman–Crippen MR) is 83.3 cm³/mol. The molecule has 126 valence electrons. The van der Waals surface area contributed by atoms with Crippen molar-refractivity contribution in [3.63, 3.8) is 0 Å². The van der Waals surface area contributed by atoms with Crippen LogP contribution < -0.4 is 0 Å². The largest absolute Gasteiger partial charge is 0.462 e. The Morgan fingerprint density at radius 3 is 1.22 bits per heavy atom. The number of carbonyl (C=O) groups is 2. The third-order valence-corrected chi connectivity index (χ3v) is 3.00. The second-order valence-corrected chi connectivity index (χ2v) is 4.94. The summed E-state index contributed by atoms with van der Waals surface area (Å²) in [4.78, 5) is 21.1. The summed E-state index contributed by atoms with van der Waals surface area (Å²) >= 11 is 0. The zero-order chi connectivity index (χ0) is 16.5. The molecule has 0 bridgehead atoms. The monoisotopic (exact) mass is 358 g/mol. The van der Waals surface area contributed by atoms with Gasteiger partial charge in [0.05, 0.1) is 0 Å². The molecule has 0 N–H and O–H groups in total. The molecule has 0 saturated heterocycles. The molecule has 2 fully saturated rings. The number of carbonyl (C=O) groups excluding carboxylic acids is 2. The van der Waals surface area contributed by atoms with Gasteiger partial charge in [-0.2, -0.15) is 0 Å². The molecule has 4 nitrogen and oxygen atoms in total. The Balaban J connectivity index is 0.000000403. The molecule has 0 amide bonds. The summed E-state index contributed by atoms with van der Waals surface area (Å²) in [6, 6.07) is 0. The van der Waals surface area contributed by atoms with Crippen molar-refractivity contribution >= 4 is 11.9 Å². The van der Waals surface area contributed by atoms with Crippen LogP contribution >= 0.6 is 0 Å². The van der Waals surface area contributed by atoms with Gasteiger partial charge < -0.3 is 9.47 Å². The van der Waals surface area contributed by atoms with Crippen molar-refractivity contribution in [2.75, 3.05) is 0 Å². The maximum Gasteiger partial charge on any atom is 0.302 e. The van der Waals surface area contributed by atoms with E-state index >= 15 is 0 Å². The first kappa shape index (κ1) is 22.5. The predicted octanol–water partition coefficient (Wildman–Crippen LogP) is 2.68. The van der Waals surface area contributed by atoms with Gasteiger partial charge in [-0.1, -0.05) is 0 Å². The van der Waals surface area contributed by atoms with E-state index in [0.717, 1.165) is 11.8 Å². The van der Waals surface area contributed by atoms with E-state index in [1.54, 1.807) is 0 Å². The van der Waals surface area contributed by atoms with Crippen molar-refractivity contribution in [3.8, 4) is 0 Å². The number of ether oxygens (including phenoxy) is 2. The van der Waals surface area contributed by atoms with Gasteiger partial charge in [0, 0.05) is 42.8 Å². The number of esters is 2. The molecule has 0 aliphatic heterocycles. The number of rotatable bonds is 4. The minimum atomic E-state index is -0.237. The van der Waals surface area contributed by atoms with Gasteiger partial charge in [-0.05, 0) is 65.2 Å². The summed E-state index contributed by atoms with van der Waals surface area (Å²) < 4.78 is 9.91. The fourth-order valence-electron chi connectivity index (χ4n) is 1.95. The van der Waals surface area contributed by atoms with E-state index in [2.05, 4.69) is 0 Å². The van der Waals surface area contributed by atoms with Crippen LogP contribution in [0.1, 0.15) is 27.7 Å². The molecule has 0 aromatic rings. The molecule has 2 saturated carbocycles. The first-order valence-electron chi connectivity index (χ1n) is 7.17. The maximum atomic E-state index is 10.5. The minimum Gasteiger partial charge on any atom is -0.462 e. The molecule has 0 aromatic heterocycles. The Kier molecular flexibility index (Phi) is 11.6. The number of hydrogen-bond donors (Lipinski definition) is 0. The topological polar surface area (TPSA) is 52.6 Å². The van der Waals surface area contributed by atoms with Crippen LogP contribution in [-0.2, 0) is 36.1 Å². The van der Waals surface area contributed by atoms with E-state index < -0.39 is 0 Å². The molecule has 23 heavy (non-hydrogen) atoms. The van der Waals surface area contributed by atoms with Crippen LogP contribution in [0.2, 0.25) is 0 Å². The van der Waals surface area contributed by atoms with E-state index in [-0.39, 0.29) is 41.2 Å². The first-order valence-corrected chi connectivity index (χ1v) is 7.17. The Morgan fingerprint density at radius 2 is 1.00 bits per heavy atom. The van der Waals surface area contributed by atoms with Crippen LogP contribution in [0.5, 0.6) is 0 Å². The van der Waals surface area contributed by atoms with Gasteiger partial charge in [-0.3, -0.25) is 9.59 Å². The second-order valence-electron chi connectivity index (χ2n) is 4.94. The molecule has 5 heteroatoms. The van der Waals surface area contributed by atoms with Gasteiger partial charge in [0.25, 0.3) is 0 Å². The van der Waals surface area contributed by atoms with Crippen LogP contribution in [0.15, 0.2) is 0 Å². The third kappa shape index (κ3) is 9.36. The van der Waals surface area contributed by atoms with Crippen LogP contribution in [0.3, 0.4) is 0 Å². The molecule has 2 aliphatic rings. The molecule has 0 heterocycles. The summed E-state index contributed by atoms with van der Waals surface area (Å²) in [7, 11) is 0. The SMILES string of the molecule is CC(=O)O[C@H](C)[C]1[CH][CH][CH][CH]1.CC(=O)O[C@H](C)[C]1[CH][CH][CH][CH]1.[Fe]. The molecular formula is C18H22FeO4. The smallest absolute Gasteiger partial charge is 0.302 e. The fourth-order valence-corrected chi connectivity index (χ4v) is 1.95. The van der Waals surface area contributed by atoms with Gasteiger partial charge in [-0.25, -0.2) is 0 Å². The Morgan fingerprint density at radius 1 is 0.739 bits per heavy atom. The van der Waals surface area contributed by atoms with Crippen molar-refractivity contribution < 1.29 is 36.1 Å². The van der Waals surface area contributed by atoms with Crippen molar-refractivity contribution in [3.05, 3.63) is 63.2 Å². The van der Waals surface area contributed by atoms with E-state index in [0.29, 0.717) is 0 Å². The average molecular weight is 358 g/mol. The Labute approximate surface area is 151 Å². The standard InChI is InChI=1S/2C9H11O2.Fe/c2*1-7(11-8(2)10)9-5-3-4-6-9;/h2*3-7H,1-2H3;/t2*7-;/m11./s1. The Hall–Kier alpha value is -0.541. The molecule has 2 atom stereocenters. The van der Waals surface area contributed by atoms with E-state index in [1.165, 1.54) is 13.8 Å². The summed E-state index contributed by atoms with van der Waals surface area (Å²) in [5, 5.41) is 0. The fraction of sp³-hybridized carbons (Fsp3) is 0.333. The van der Waals surface area contributed by atoms with Crippen molar-refractivity contribution in [2.45, 2.75) is 39.9 Å². The van der Waals surface area contributed by atoms with Crippen LogP contribution in [0.4, 0.5) is 0 Å². The van der Waals surface area contributed by atoms with Crippen molar-refractivity contribution in [1.29, 1.82) is 0 Å². The molecule has 0 aromatic carbocycles. The Bertz CT molecular complexity index is 313. The number of hydrogen-bond acceptors (Lipinski definition) is 4. The molecule has 10 radical (unpaired) electrons. The van der Waals surface area contributed by atoms with Gasteiger partial charge in [-0.15, -0.1) is 0 Å². The van der Waals surface area contributed by atoms with Crippen LogP contribution in [0.25, 0.3) is 0 Å². The minimum absolute atomic E-state index is 0. The maximum absolute atomic E-state index is 10.5. The van der Waals surface area contributed by atoms with Gasteiger partial charge >= 0.3 is 11.9 Å². The summed E-state index contributed by atoms with van der Waals surface area (Å²) in [6.45, 7) is 6.55. The van der Waals surface area contributed by atoms with Crippen molar-refractivity contribution in [1.82, 2.24) is 0 Å². The molecule has 2 aliphatic carbocycles. The molecule has 0 spiro atoms. The second kappa shape index (κ2) is 11.9. The van der Waals surface area contributed by atoms with Gasteiger partial charge in [0.2, 0.25) is 0 Å².